The molecule has 0 saturated carbocycles. The summed E-state index contributed by atoms with van der Waals surface area (Å²) >= 11 is 0. The first-order valence-electron chi connectivity index (χ1n) is 7.01. The number of rotatable bonds is 5. The smallest absolute Gasteiger partial charge is 0.221 e. The van der Waals surface area contributed by atoms with Gasteiger partial charge >= 0.3 is 0 Å². The molecule has 1 fully saturated rings. The number of hydrogen-bond donors (Lipinski definition) is 1. The minimum Gasteiger partial charge on any atom is -0.481 e. The molecular formula is C14H24N4O. The van der Waals surface area contributed by atoms with Crippen molar-refractivity contribution >= 4 is 5.82 Å². The minimum atomic E-state index is 0.683. The van der Waals surface area contributed by atoms with E-state index in [2.05, 4.69) is 20.2 Å². The highest BCUT2D eigenvalue weighted by Crippen LogP contribution is 2.28. The highest BCUT2D eigenvalue weighted by atomic mass is 16.5. The number of nitrogens with zero attached hydrogens (tertiary/aromatic N) is 3. The molecule has 1 saturated heterocycles. The molecule has 1 aliphatic heterocycles. The second-order valence-electron chi connectivity index (χ2n) is 5.15. The topological polar surface area (TPSA) is 50.3 Å². The fourth-order valence-corrected chi connectivity index (χ4v) is 2.73. The SMILES string of the molecule is CNCCC1CCN(c2ncnc(OC)c2C)CC1. The number of nitrogens with one attached hydrogen (secondary N) is 1. The third-order valence-electron chi connectivity index (χ3n) is 3.92. The largest absolute Gasteiger partial charge is 0.481 e. The third kappa shape index (κ3) is 3.35. The van der Waals surface area contributed by atoms with Crippen molar-refractivity contribution in [3.8, 4) is 5.88 Å². The van der Waals surface area contributed by atoms with Gasteiger partial charge in [-0.3, -0.25) is 0 Å². The summed E-state index contributed by atoms with van der Waals surface area (Å²) in [6, 6.07) is 0. The molecule has 5 nitrogen and oxygen atoms in total. The first-order chi connectivity index (χ1) is 9.26. The van der Waals surface area contributed by atoms with Gasteiger partial charge in [-0.1, -0.05) is 0 Å². The average Bonchev–Trinajstić information content (AvgIpc) is 2.46. The molecule has 0 aliphatic carbocycles. The molecule has 0 bridgehead atoms. The van der Waals surface area contributed by atoms with Crippen molar-refractivity contribution in [3.05, 3.63) is 11.9 Å². The van der Waals surface area contributed by atoms with Gasteiger partial charge in [-0.2, -0.15) is 0 Å². The lowest BCUT2D eigenvalue weighted by atomic mass is 9.93. The van der Waals surface area contributed by atoms with Crippen LogP contribution >= 0.6 is 0 Å². The zero-order valence-corrected chi connectivity index (χ0v) is 12.1. The van der Waals surface area contributed by atoms with Crippen molar-refractivity contribution in [2.45, 2.75) is 26.2 Å². The van der Waals surface area contributed by atoms with Crippen LogP contribution in [-0.2, 0) is 0 Å². The second-order valence-corrected chi connectivity index (χ2v) is 5.15. The van der Waals surface area contributed by atoms with Gasteiger partial charge in [0.2, 0.25) is 5.88 Å². The van der Waals surface area contributed by atoms with Gasteiger partial charge in [-0.15, -0.1) is 0 Å². The Balaban J connectivity index is 1.98. The Kier molecular flexibility index (Phi) is 4.96. The fourth-order valence-electron chi connectivity index (χ4n) is 2.73. The van der Waals surface area contributed by atoms with Crippen LogP contribution in [0.4, 0.5) is 5.82 Å². The van der Waals surface area contributed by atoms with E-state index in [0.29, 0.717) is 5.88 Å². The van der Waals surface area contributed by atoms with Crippen LogP contribution in [0.25, 0.3) is 0 Å². The van der Waals surface area contributed by atoms with Crippen LogP contribution < -0.4 is 15.0 Å². The Morgan fingerprint density at radius 3 is 2.74 bits per heavy atom. The normalized spacial score (nSPS) is 16.7. The lowest BCUT2D eigenvalue weighted by Crippen LogP contribution is -2.35. The predicted molar refractivity (Wildman–Crippen MR) is 76.8 cm³/mol. The van der Waals surface area contributed by atoms with Crippen LogP contribution in [0, 0.1) is 12.8 Å². The molecule has 1 N–H and O–H groups in total. The van der Waals surface area contributed by atoms with E-state index in [1.807, 2.05) is 14.0 Å². The summed E-state index contributed by atoms with van der Waals surface area (Å²) < 4.78 is 5.26. The number of anilines is 1. The van der Waals surface area contributed by atoms with Crippen molar-refractivity contribution in [1.29, 1.82) is 0 Å². The maximum absolute atomic E-state index is 5.26. The van der Waals surface area contributed by atoms with Crippen molar-refractivity contribution < 1.29 is 4.74 Å². The number of piperidine rings is 1. The number of methoxy groups -OCH3 is 1. The molecule has 1 aliphatic rings. The molecular weight excluding hydrogens is 240 g/mol. The first-order valence-corrected chi connectivity index (χ1v) is 7.01. The zero-order valence-electron chi connectivity index (χ0n) is 12.1. The zero-order chi connectivity index (χ0) is 13.7. The van der Waals surface area contributed by atoms with E-state index in [9.17, 15) is 0 Å². The molecule has 2 rings (SSSR count). The second kappa shape index (κ2) is 6.70. The summed E-state index contributed by atoms with van der Waals surface area (Å²) in [5.41, 5.74) is 1.04. The van der Waals surface area contributed by atoms with Crippen molar-refractivity contribution in [3.63, 3.8) is 0 Å². The van der Waals surface area contributed by atoms with Gasteiger partial charge in [0.1, 0.15) is 12.1 Å². The third-order valence-corrected chi connectivity index (χ3v) is 3.92. The van der Waals surface area contributed by atoms with E-state index in [4.69, 9.17) is 4.74 Å². The van der Waals surface area contributed by atoms with E-state index >= 15 is 0 Å². The standard InChI is InChI=1S/C14H24N4O/c1-11-13(16-10-17-14(11)19-3)18-8-5-12(6-9-18)4-7-15-2/h10,12,15H,4-9H2,1-3H3. The van der Waals surface area contributed by atoms with Crippen LogP contribution in [0.15, 0.2) is 6.33 Å². The van der Waals surface area contributed by atoms with Gasteiger partial charge in [0, 0.05) is 13.1 Å². The van der Waals surface area contributed by atoms with Crippen LogP contribution in [0.5, 0.6) is 5.88 Å². The van der Waals surface area contributed by atoms with Gasteiger partial charge in [-0.25, -0.2) is 9.97 Å². The molecule has 1 aromatic rings. The summed E-state index contributed by atoms with van der Waals surface area (Å²) in [6.45, 7) is 5.30. The molecule has 0 amide bonds. The fraction of sp³-hybridized carbons (Fsp3) is 0.714. The molecule has 1 aromatic heterocycles. The van der Waals surface area contributed by atoms with Gasteiger partial charge in [0.05, 0.1) is 12.7 Å². The van der Waals surface area contributed by atoms with E-state index < -0.39 is 0 Å². The Morgan fingerprint density at radius 2 is 2.11 bits per heavy atom. The van der Waals surface area contributed by atoms with Crippen molar-refractivity contribution in [1.82, 2.24) is 15.3 Å². The van der Waals surface area contributed by atoms with E-state index in [1.54, 1.807) is 13.4 Å². The number of ether oxygens (including phenoxy) is 1. The van der Waals surface area contributed by atoms with Crippen molar-refractivity contribution in [2.75, 3.05) is 38.7 Å². The monoisotopic (exact) mass is 264 g/mol. The van der Waals surface area contributed by atoms with Gasteiger partial charge < -0.3 is 15.0 Å². The van der Waals surface area contributed by atoms with Gasteiger partial charge in [-0.05, 0) is 45.7 Å². The molecule has 0 aromatic carbocycles. The molecule has 106 valence electrons. The van der Waals surface area contributed by atoms with Gasteiger partial charge in [0.15, 0.2) is 0 Å². The quantitative estimate of drug-likeness (QED) is 0.876. The van der Waals surface area contributed by atoms with E-state index in [0.717, 1.165) is 36.9 Å². The molecule has 5 heteroatoms. The van der Waals surface area contributed by atoms with Gasteiger partial charge in [0.25, 0.3) is 0 Å². The minimum absolute atomic E-state index is 0.683. The molecule has 0 unspecified atom stereocenters. The molecule has 0 radical (unpaired) electrons. The summed E-state index contributed by atoms with van der Waals surface area (Å²) in [5, 5.41) is 3.23. The molecule has 2 heterocycles. The first kappa shape index (κ1) is 14.1. The lowest BCUT2D eigenvalue weighted by Gasteiger charge is -2.33. The van der Waals surface area contributed by atoms with Crippen LogP contribution in [0.3, 0.4) is 0 Å². The number of hydrogen-bond acceptors (Lipinski definition) is 5. The highest BCUT2D eigenvalue weighted by Gasteiger charge is 2.22. The molecule has 0 spiro atoms. The Bertz CT molecular complexity index is 402. The van der Waals surface area contributed by atoms with E-state index in [1.165, 1.54) is 19.3 Å². The lowest BCUT2D eigenvalue weighted by molar-refractivity contribution is 0.373. The maximum atomic E-state index is 5.26. The van der Waals surface area contributed by atoms with E-state index in [-0.39, 0.29) is 0 Å². The number of aromatic nitrogens is 2. The summed E-state index contributed by atoms with van der Waals surface area (Å²) in [6.07, 6.45) is 5.35. The Morgan fingerprint density at radius 1 is 1.37 bits per heavy atom. The Labute approximate surface area is 115 Å². The summed E-state index contributed by atoms with van der Waals surface area (Å²) in [5.74, 6) is 2.55. The molecule has 19 heavy (non-hydrogen) atoms. The predicted octanol–water partition coefficient (Wildman–Crippen LogP) is 1.62. The summed E-state index contributed by atoms with van der Waals surface area (Å²) in [7, 11) is 3.68. The average molecular weight is 264 g/mol. The van der Waals surface area contributed by atoms with Crippen LogP contribution in [-0.4, -0.2) is 43.8 Å². The van der Waals surface area contributed by atoms with Crippen LogP contribution in [0.2, 0.25) is 0 Å². The van der Waals surface area contributed by atoms with Crippen molar-refractivity contribution in [2.24, 2.45) is 5.92 Å². The van der Waals surface area contributed by atoms with Crippen LogP contribution in [0.1, 0.15) is 24.8 Å². The highest BCUT2D eigenvalue weighted by molar-refractivity contribution is 5.50. The maximum Gasteiger partial charge on any atom is 0.221 e. The Hall–Kier alpha value is -1.36. The molecule has 0 atom stereocenters. The summed E-state index contributed by atoms with van der Waals surface area (Å²) in [4.78, 5) is 10.9.